The van der Waals surface area contributed by atoms with E-state index < -0.39 is 0 Å². The summed E-state index contributed by atoms with van der Waals surface area (Å²) in [6.07, 6.45) is 0. The molecule has 0 heterocycles. The summed E-state index contributed by atoms with van der Waals surface area (Å²) in [5.41, 5.74) is 2.49. The Bertz CT molecular complexity index is 991. The maximum Gasteiger partial charge on any atom is 0.0490 e. The Hall–Kier alpha value is -1.58. The van der Waals surface area contributed by atoms with E-state index in [-0.39, 0.29) is 0 Å². The van der Waals surface area contributed by atoms with Gasteiger partial charge in [0.15, 0.2) is 0 Å². The second-order valence-corrected chi connectivity index (χ2v) is 6.75. The van der Waals surface area contributed by atoms with Crippen LogP contribution in [0.4, 0.5) is 0 Å². The van der Waals surface area contributed by atoms with Crippen molar-refractivity contribution in [3.63, 3.8) is 0 Å². The molecule has 0 fully saturated rings. The Balaban J connectivity index is 2.29. The van der Waals surface area contributed by atoms with Gasteiger partial charge in [0, 0.05) is 19.5 Å². The molecular weight excluding hydrogens is 403 g/mol. The second kappa shape index (κ2) is 5.56. The van der Waals surface area contributed by atoms with Gasteiger partial charge >= 0.3 is 0 Å². The van der Waals surface area contributed by atoms with Gasteiger partial charge in [0.2, 0.25) is 0 Å². The molecule has 106 valence electrons. The van der Waals surface area contributed by atoms with Crippen LogP contribution < -0.4 is 0 Å². The number of benzene rings is 4. The summed E-state index contributed by atoms with van der Waals surface area (Å²) in [4.78, 5) is 0. The fourth-order valence-corrected chi connectivity index (χ4v) is 4.39. The van der Waals surface area contributed by atoms with Crippen LogP contribution in [0.2, 0.25) is 5.02 Å². The summed E-state index contributed by atoms with van der Waals surface area (Å²) < 4.78 is 1.27. The quantitative estimate of drug-likeness (QED) is 0.234. The number of hydrogen-bond acceptors (Lipinski definition) is 0. The van der Waals surface area contributed by atoms with Crippen LogP contribution in [0.1, 0.15) is 0 Å². The van der Waals surface area contributed by atoms with Crippen LogP contribution in [0.3, 0.4) is 0 Å². The maximum absolute atomic E-state index is 6.55. The zero-order chi connectivity index (χ0) is 15.1. The average Bonchev–Trinajstić information content (AvgIpc) is 2.56. The molecule has 0 saturated heterocycles. The van der Waals surface area contributed by atoms with Crippen molar-refractivity contribution < 1.29 is 0 Å². The molecule has 4 aromatic rings. The molecule has 0 aliphatic carbocycles. The van der Waals surface area contributed by atoms with Crippen LogP contribution in [0, 0.1) is 3.57 Å². The van der Waals surface area contributed by atoms with Gasteiger partial charge in [-0.3, -0.25) is 0 Å². The van der Waals surface area contributed by atoms with E-state index >= 15 is 0 Å². The lowest BCUT2D eigenvalue weighted by Crippen LogP contribution is -1.90. The molecule has 0 spiro atoms. The van der Waals surface area contributed by atoms with Gasteiger partial charge in [0.25, 0.3) is 0 Å². The first-order chi connectivity index (χ1) is 10.8. The SMILES string of the molecule is Clc1cccc2c(-c3ccccc3)c(I)c3ccccc3c12. The van der Waals surface area contributed by atoms with Crippen LogP contribution >= 0.6 is 34.2 Å². The standard InChI is InChI=1S/C20H12ClI/c21-17-12-6-11-16-18(13-7-2-1-3-8-13)20(22)15-10-5-4-9-14(15)19(16)17/h1-12H. The molecule has 0 N–H and O–H groups in total. The van der Waals surface area contributed by atoms with Crippen molar-refractivity contribution in [2.75, 3.05) is 0 Å². The van der Waals surface area contributed by atoms with Gasteiger partial charge in [-0.1, -0.05) is 78.3 Å². The van der Waals surface area contributed by atoms with Crippen LogP contribution in [-0.2, 0) is 0 Å². The van der Waals surface area contributed by atoms with Gasteiger partial charge in [-0.05, 0) is 50.4 Å². The number of rotatable bonds is 1. The molecule has 22 heavy (non-hydrogen) atoms. The van der Waals surface area contributed by atoms with E-state index in [1.54, 1.807) is 0 Å². The van der Waals surface area contributed by atoms with Crippen molar-refractivity contribution in [3.05, 3.63) is 81.4 Å². The predicted octanol–water partition coefficient (Wildman–Crippen LogP) is 6.92. The first-order valence-corrected chi connectivity index (χ1v) is 8.57. The highest BCUT2D eigenvalue weighted by molar-refractivity contribution is 14.1. The summed E-state index contributed by atoms with van der Waals surface area (Å²) in [6, 6.07) is 25.2. The summed E-state index contributed by atoms with van der Waals surface area (Å²) in [6.45, 7) is 0. The highest BCUT2D eigenvalue weighted by Crippen LogP contribution is 2.41. The van der Waals surface area contributed by atoms with Gasteiger partial charge < -0.3 is 0 Å². The molecule has 4 aromatic carbocycles. The number of halogens is 2. The zero-order valence-electron chi connectivity index (χ0n) is 11.7. The van der Waals surface area contributed by atoms with E-state index in [1.807, 2.05) is 18.2 Å². The lowest BCUT2D eigenvalue weighted by molar-refractivity contribution is 1.64. The smallest absolute Gasteiger partial charge is 0.0490 e. The van der Waals surface area contributed by atoms with E-state index in [0.717, 1.165) is 10.4 Å². The van der Waals surface area contributed by atoms with E-state index in [9.17, 15) is 0 Å². The third-order valence-electron chi connectivity index (χ3n) is 4.00. The molecule has 0 radical (unpaired) electrons. The van der Waals surface area contributed by atoms with E-state index in [2.05, 4.69) is 77.2 Å². The highest BCUT2D eigenvalue weighted by Gasteiger charge is 2.15. The summed E-state index contributed by atoms with van der Waals surface area (Å²) in [5, 5.41) is 5.62. The van der Waals surface area contributed by atoms with Crippen LogP contribution in [-0.4, -0.2) is 0 Å². The highest BCUT2D eigenvalue weighted by atomic mass is 127. The molecule has 2 heteroatoms. The number of fused-ring (bicyclic) bond motifs is 3. The minimum atomic E-state index is 0.808. The summed E-state index contributed by atoms with van der Waals surface area (Å²) in [5.74, 6) is 0. The molecule has 0 amide bonds. The van der Waals surface area contributed by atoms with Crippen molar-refractivity contribution in [1.82, 2.24) is 0 Å². The Kier molecular flexibility index (Phi) is 3.55. The topological polar surface area (TPSA) is 0 Å². The first kappa shape index (κ1) is 14.0. The molecule has 0 aromatic heterocycles. The van der Waals surface area contributed by atoms with Crippen molar-refractivity contribution in [2.45, 2.75) is 0 Å². The predicted molar refractivity (Wildman–Crippen MR) is 105 cm³/mol. The Morgan fingerprint density at radius 2 is 1.27 bits per heavy atom. The number of hydrogen-bond donors (Lipinski definition) is 0. The normalized spacial score (nSPS) is 11.2. The van der Waals surface area contributed by atoms with Crippen molar-refractivity contribution >= 4 is 55.7 Å². The molecule has 4 rings (SSSR count). The van der Waals surface area contributed by atoms with Crippen LogP contribution in [0.5, 0.6) is 0 Å². The molecule has 0 saturated carbocycles. The third kappa shape index (κ3) is 2.11. The average molecular weight is 415 g/mol. The molecule has 0 bridgehead atoms. The molecule has 0 atom stereocenters. The largest absolute Gasteiger partial charge is 0.0836 e. The minimum absolute atomic E-state index is 0.808. The van der Waals surface area contributed by atoms with E-state index in [1.165, 1.54) is 30.9 Å². The molecule has 0 unspecified atom stereocenters. The Labute approximate surface area is 147 Å². The van der Waals surface area contributed by atoms with Gasteiger partial charge in [0.05, 0.1) is 0 Å². The van der Waals surface area contributed by atoms with Gasteiger partial charge in [-0.2, -0.15) is 0 Å². The second-order valence-electron chi connectivity index (χ2n) is 5.26. The van der Waals surface area contributed by atoms with E-state index in [4.69, 9.17) is 11.6 Å². The van der Waals surface area contributed by atoms with Crippen molar-refractivity contribution in [3.8, 4) is 11.1 Å². The Morgan fingerprint density at radius 3 is 2.05 bits per heavy atom. The maximum atomic E-state index is 6.55. The van der Waals surface area contributed by atoms with Gasteiger partial charge in [-0.25, -0.2) is 0 Å². The van der Waals surface area contributed by atoms with Crippen molar-refractivity contribution in [1.29, 1.82) is 0 Å². The van der Waals surface area contributed by atoms with Crippen LogP contribution in [0.25, 0.3) is 32.7 Å². The molecule has 0 nitrogen and oxygen atoms in total. The minimum Gasteiger partial charge on any atom is -0.0836 e. The third-order valence-corrected chi connectivity index (χ3v) is 5.43. The van der Waals surface area contributed by atoms with E-state index in [0.29, 0.717) is 0 Å². The zero-order valence-corrected chi connectivity index (χ0v) is 14.6. The lowest BCUT2D eigenvalue weighted by Gasteiger charge is -2.15. The molecule has 0 aliphatic heterocycles. The van der Waals surface area contributed by atoms with Gasteiger partial charge in [-0.15, -0.1) is 0 Å². The first-order valence-electron chi connectivity index (χ1n) is 7.11. The van der Waals surface area contributed by atoms with Crippen molar-refractivity contribution in [2.24, 2.45) is 0 Å². The fraction of sp³-hybridized carbons (Fsp3) is 0. The van der Waals surface area contributed by atoms with Crippen LogP contribution in [0.15, 0.2) is 72.8 Å². The summed E-state index contributed by atoms with van der Waals surface area (Å²) >= 11 is 9.00. The lowest BCUT2D eigenvalue weighted by atomic mass is 9.93. The Morgan fingerprint density at radius 1 is 0.636 bits per heavy atom. The van der Waals surface area contributed by atoms with Gasteiger partial charge in [0.1, 0.15) is 0 Å². The fourth-order valence-electron chi connectivity index (χ4n) is 3.04. The monoisotopic (exact) mass is 414 g/mol. The molecular formula is C20H12ClI. The summed E-state index contributed by atoms with van der Waals surface area (Å²) in [7, 11) is 0. The molecule has 0 aliphatic rings.